The first-order valence-electron chi connectivity index (χ1n) is 9.84. The molecule has 0 radical (unpaired) electrons. The van der Waals surface area contributed by atoms with E-state index in [-0.39, 0.29) is 14.1 Å². The van der Waals surface area contributed by atoms with Gasteiger partial charge in [0.15, 0.2) is 6.29 Å². The molecule has 2 heterocycles. The number of amides is 2. The third-order valence-electron chi connectivity index (χ3n) is 4.97. The number of nitrogens with one attached hydrogen (secondary N) is 3. The quantitative estimate of drug-likeness (QED) is 0.207. The van der Waals surface area contributed by atoms with Crippen molar-refractivity contribution in [3.63, 3.8) is 0 Å². The van der Waals surface area contributed by atoms with Gasteiger partial charge in [-0.2, -0.15) is 0 Å². The highest BCUT2D eigenvalue weighted by Crippen LogP contribution is 2.26. The molecular formula is C22H16ClIN4O5S2. The zero-order valence-electron chi connectivity index (χ0n) is 17.8. The molecule has 13 heteroatoms. The standard InChI is InChI=1S/C22H16ClIN4O5S2/c1-25-13-2-4-15-16(8-13)12(11-29)10-28(21(15)30)18-5-3-14(9-17(18)24)26-22(31)27-35(32,33)20-7-6-19(23)34-20/h2-11,25H,1H3,(H2,26,27,31). The van der Waals surface area contributed by atoms with Crippen LogP contribution in [0, 0.1) is 3.57 Å². The zero-order chi connectivity index (χ0) is 25.3. The molecule has 2 aromatic carbocycles. The van der Waals surface area contributed by atoms with E-state index in [0.717, 1.165) is 17.0 Å². The van der Waals surface area contributed by atoms with Gasteiger partial charge in [-0.15, -0.1) is 11.3 Å². The first kappa shape index (κ1) is 25.2. The molecule has 0 saturated heterocycles. The minimum atomic E-state index is -4.07. The first-order chi connectivity index (χ1) is 16.6. The number of fused-ring (bicyclic) bond motifs is 1. The molecule has 9 nitrogen and oxygen atoms in total. The fourth-order valence-electron chi connectivity index (χ4n) is 3.35. The number of aromatic nitrogens is 1. The third kappa shape index (κ3) is 5.19. The van der Waals surface area contributed by atoms with Crippen LogP contribution in [0.4, 0.5) is 16.2 Å². The number of nitrogens with zero attached hydrogens (tertiary/aromatic N) is 1. The summed E-state index contributed by atoms with van der Waals surface area (Å²) >= 11 is 8.59. The minimum absolute atomic E-state index is 0.0916. The number of hydrogen-bond donors (Lipinski definition) is 3. The fraction of sp³-hybridized carbons (Fsp3) is 0.0455. The lowest BCUT2D eigenvalue weighted by atomic mass is 10.1. The molecule has 0 aliphatic rings. The predicted octanol–water partition coefficient (Wildman–Crippen LogP) is 4.67. The Morgan fingerprint density at radius 1 is 1.09 bits per heavy atom. The smallest absolute Gasteiger partial charge is 0.333 e. The number of urea groups is 1. The SMILES string of the molecule is CNc1ccc2c(=O)n(-c3ccc(NC(=O)NS(=O)(=O)c4ccc(Cl)s4)cc3I)cc(C=O)c2c1. The largest absolute Gasteiger partial charge is 0.388 e. The number of anilines is 2. The Kier molecular flexibility index (Phi) is 7.17. The number of aldehydes is 1. The van der Waals surface area contributed by atoms with E-state index in [1.165, 1.54) is 29.0 Å². The molecular weight excluding hydrogens is 627 g/mol. The van der Waals surface area contributed by atoms with Crippen molar-refractivity contribution in [2.45, 2.75) is 4.21 Å². The normalized spacial score (nSPS) is 11.3. The minimum Gasteiger partial charge on any atom is -0.388 e. The number of halogens is 2. The van der Waals surface area contributed by atoms with Crippen LogP contribution in [0.3, 0.4) is 0 Å². The van der Waals surface area contributed by atoms with Gasteiger partial charge in [-0.25, -0.2) is 17.9 Å². The van der Waals surface area contributed by atoms with Gasteiger partial charge in [-0.1, -0.05) is 11.6 Å². The van der Waals surface area contributed by atoms with Gasteiger partial charge in [-0.05, 0) is 71.1 Å². The summed E-state index contributed by atoms with van der Waals surface area (Å²) < 4.78 is 28.7. The van der Waals surface area contributed by atoms with Crippen LogP contribution in [0.5, 0.6) is 0 Å². The Morgan fingerprint density at radius 2 is 1.83 bits per heavy atom. The van der Waals surface area contributed by atoms with Crippen molar-refractivity contribution in [3.05, 3.63) is 78.6 Å². The van der Waals surface area contributed by atoms with E-state index in [2.05, 4.69) is 10.6 Å². The van der Waals surface area contributed by atoms with E-state index in [4.69, 9.17) is 11.6 Å². The highest BCUT2D eigenvalue weighted by Gasteiger charge is 2.20. The van der Waals surface area contributed by atoms with Gasteiger partial charge in [0.25, 0.3) is 15.6 Å². The Balaban J connectivity index is 1.63. The van der Waals surface area contributed by atoms with Crippen molar-refractivity contribution in [2.75, 3.05) is 17.7 Å². The number of carbonyl (C=O) groups excluding carboxylic acids is 2. The van der Waals surface area contributed by atoms with Crippen LogP contribution < -0.4 is 20.9 Å². The lowest BCUT2D eigenvalue weighted by Crippen LogP contribution is -2.34. The van der Waals surface area contributed by atoms with Crippen molar-refractivity contribution in [1.29, 1.82) is 0 Å². The summed E-state index contributed by atoms with van der Waals surface area (Å²) in [5.74, 6) is 0. The molecule has 35 heavy (non-hydrogen) atoms. The summed E-state index contributed by atoms with van der Waals surface area (Å²) in [6.45, 7) is 0. The molecule has 0 spiro atoms. The maximum absolute atomic E-state index is 13.2. The number of sulfonamides is 1. The number of rotatable bonds is 6. The predicted molar refractivity (Wildman–Crippen MR) is 146 cm³/mol. The monoisotopic (exact) mass is 642 g/mol. The maximum atomic E-state index is 13.2. The summed E-state index contributed by atoms with van der Waals surface area (Å²) in [7, 11) is -2.33. The van der Waals surface area contributed by atoms with Crippen LogP contribution >= 0.6 is 45.5 Å². The Bertz CT molecular complexity index is 1650. The second kappa shape index (κ2) is 9.97. The summed E-state index contributed by atoms with van der Waals surface area (Å²) in [4.78, 5) is 37.2. The highest BCUT2D eigenvalue weighted by molar-refractivity contribution is 14.1. The fourth-order valence-corrected chi connectivity index (χ4v) is 6.51. The third-order valence-corrected chi connectivity index (χ3v) is 8.89. The second-order valence-electron chi connectivity index (χ2n) is 7.17. The van der Waals surface area contributed by atoms with Gasteiger partial charge in [0, 0.05) is 44.5 Å². The number of pyridine rings is 1. The number of benzene rings is 2. The van der Waals surface area contributed by atoms with E-state index >= 15 is 0 Å². The summed E-state index contributed by atoms with van der Waals surface area (Å²) in [6.07, 6.45) is 2.15. The van der Waals surface area contributed by atoms with Crippen molar-refractivity contribution < 1.29 is 18.0 Å². The molecule has 2 aromatic heterocycles. The Hall–Kier alpha value is -2.94. The Labute approximate surface area is 222 Å². The van der Waals surface area contributed by atoms with Crippen LogP contribution in [-0.2, 0) is 10.0 Å². The molecule has 4 rings (SSSR count). The molecule has 0 bridgehead atoms. The molecule has 0 aliphatic carbocycles. The lowest BCUT2D eigenvalue weighted by molar-refractivity contribution is 0.112. The van der Waals surface area contributed by atoms with Crippen molar-refractivity contribution >= 4 is 90.0 Å². The van der Waals surface area contributed by atoms with E-state index in [0.29, 0.717) is 37.6 Å². The number of hydrogen-bond acceptors (Lipinski definition) is 7. The van der Waals surface area contributed by atoms with Crippen LogP contribution in [0.15, 0.2) is 63.7 Å². The maximum Gasteiger partial charge on any atom is 0.333 e. The number of thiophene rings is 1. The zero-order valence-corrected chi connectivity index (χ0v) is 22.4. The first-order valence-corrected chi connectivity index (χ1v) is 13.6. The van der Waals surface area contributed by atoms with Gasteiger partial charge in [-0.3, -0.25) is 14.2 Å². The van der Waals surface area contributed by atoms with Crippen LogP contribution in [0.2, 0.25) is 4.34 Å². The van der Waals surface area contributed by atoms with Crippen LogP contribution in [0.1, 0.15) is 10.4 Å². The van der Waals surface area contributed by atoms with E-state index in [9.17, 15) is 22.8 Å². The van der Waals surface area contributed by atoms with E-state index < -0.39 is 16.1 Å². The number of carbonyl (C=O) groups is 2. The van der Waals surface area contributed by atoms with Gasteiger partial charge in [0.1, 0.15) is 4.21 Å². The summed E-state index contributed by atoms with van der Waals surface area (Å²) in [6, 6.07) is 11.6. The summed E-state index contributed by atoms with van der Waals surface area (Å²) in [5.41, 5.74) is 1.59. The van der Waals surface area contributed by atoms with Crippen LogP contribution in [-0.4, -0.2) is 32.3 Å². The topological polar surface area (TPSA) is 126 Å². The molecule has 0 atom stereocenters. The van der Waals surface area contributed by atoms with Gasteiger partial charge < -0.3 is 10.6 Å². The summed E-state index contributed by atoms with van der Waals surface area (Å²) in [5, 5.41) is 6.36. The average molecular weight is 643 g/mol. The molecule has 3 N–H and O–H groups in total. The molecule has 0 fully saturated rings. The van der Waals surface area contributed by atoms with Crippen molar-refractivity contribution in [1.82, 2.24) is 9.29 Å². The van der Waals surface area contributed by atoms with Gasteiger partial charge in [0.2, 0.25) is 0 Å². The average Bonchev–Trinajstić information content (AvgIpc) is 3.26. The highest BCUT2D eigenvalue weighted by atomic mass is 127. The van der Waals surface area contributed by atoms with Gasteiger partial charge in [0.05, 0.1) is 10.0 Å². The van der Waals surface area contributed by atoms with E-state index in [1.807, 2.05) is 27.3 Å². The lowest BCUT2D eigenvalue weighted by Gasteiger charge is -2.14. The Morgan fingerprint density at radius 3 is 2.46 bits per heavy atom. The van der Waals surface area contributed by atoms with Crippen molar-refractivity contribution in [2.24, 2.45) is 0 Å². The molecule has 4 aromatic rings. The molecule has 0 aliphatic heterocycles. The van der Waals surface area contributed by atoms with Gasteiger partial charge >= 0.3 is 6.03 Å². The second-order valence-corrected chi connectivity index (χ2v) is 12.0. The van der Waals surface area contributed by atoms with Crippen molar-refractivity contribution in [3.8, 4) is 5.69 Å². The molecule has 180 valence electrons. The molecule has 0 saturated carbocycles. The molecule has 2 amide bonds. The van der Waals surface area contributed by atoms with E-state index in [1.54, 1.807) is 37.4 Å². The van der Waals surface area contributed by atoms with Crippen LogP contribution in [0.25, 0.3) is 16.5 Å². The molecule has 0 unspecified atom stereocenters.